The molecule has 3 aromatic heterocycles. The predicted octanol–water partition coefficient (Wildman–Crippen LogP) is 3.39. The van der Waals surface area contributed by atoms with E-state index < -0.39 is 0 Å². The standard InChI is InChI=1S/C14H14N4S/c1-8-7-19-13(12(8)15)14-17-10-6-16-5-4-11(10)18(14)9-2-3-9/h4-7,9H,2-3,15H2,1H3. The molecule has 0 aliphatic heterocycles. The normalized spacial score (nSPS) is 15.2. The molecule has 0 amide bonds. The fourth-order valence-electron chi connectivity index (χ4n) is 2.44. The number of nitrogens with two attached hydrogens (primary N) is 1. The lowest BCUT2D eigenvalue weighted by Crippen LogP contribution is -1.98. The highest BCUT2D eigenvalue weighted by Crippen LogP contribution is 2.43. The largest absolute Gasteiger partial charge is 0.397 e. The van der Waals surface area contributed by atoms with Crippen LogP contribution in [0.25, 0.3) is 21.7 Å². The lowest BCUT2D eigenvalue weighted by atomic mass is 10.2. The SMILES string of the molecule is Cc1csc(-c2nc3cnccc3n2C2CC2)c1N. The van der Waals surface area contributed by atoms with Gasteiger partial charge in [0.25, 0.3) is 0 Å². The van der Waals surface area contributed by atoms with Gasteiger partial charge in [-0.15, -0.1) is 11.3 Å². The Morgan fingerprint density at radius 2 is 2.26 bits per heavy atom. The maximum Gasteiger partial charge on any atom is 0.153 e. The van der Waals surface area contributed by atoms with Crippen LogP contribution in [0.15, 0.2) is 23.8 Å². The third-order valence-corrected chi connectivity index (χ3v) is 4.74. The second-order valence-electron chi connectivity index (χ2n) is 5.06. The van der Waals surface area contributed by atoms with Crippen LogP contribution in [0.2, 0.25) is 0 Å². The van der Waals surface area contributed by atoms with Gasteiger partial charge >= 0.3 is 0 Å². The van der Waals surface area contributed by atoms with Gasteiger partial charge in [0.05, 0.1) is 22.3 Å². The number of fused-ring (bicyclic) bond motifs is 1. The summed E-state index contributed by atoms with van der Waals surface area (Å²) < 4.78 is 2.33. The fraction of sp³-hybridized carbons (Fsp3) is 0.286. The molecule has 4 nitrogen and oxygen atoms in total. The molecule has 3 heterocycles. The van der Waals surface area contributed by atoms with Gasteiger partial charge in [-0.05, 0) is 36.8 Å². The molecule has 0 unspecified atom stereocenters. The number of aromatic nitrogens is 3. The number of thiophene rings is 1. The van der Waals surface area contributed by atoms with Crippen molar-refractivity contribution >= 4 is 28.1 Å². The Morgan fingerprint density at radius 3 is 2.95 bits per heavy atom. The highest BCUT2D eigenvalue weighted by molar-refractivity contribution is 7.14. The summed E-state index contributed by atoms with van der Waals surface area (Å²) in [7, 11) is 0. The number of aryl methyl sites for hydroxylation is 1. The van der Waals surface area contributed by atoms with Crippen LogP contribution in [0.3, 0.4) is 0 Å². The first kappa shape index (κ1) is 11.0. The topological polar surface area (TPSA) is 56.7 Å². The number of rotatable bonds is 2. The molecule has 0 aromatic carbocycles. The number of imidazole rings is 1. The maximum atomic E-state index is 6.19. The first-order valence-corrected chi connectivity index (χ1v) is 7.29. The van der Waals surface area contributed by atoms with Gasteiger partial charge in [-0.25, -0.2) is 4.98 Å². The number of pyridine rings is 1. The molecule has 3 aromatic rings. The quantitative estimate of drug-likeness (QED) is 0.776. The number of hydrogen-bond donors (Lipinski definition) is 1. The van der Waals surface area contributed by atoms with E-state index in [1.165, 1.54) is 12.8 Å². The second-order valence-corrected chi connectivity index (χ2v) is 5.94. The molecule has 0 spiro atoms. The van der Waals surface area contributed by atoms with Crippen LogP contribution >= 0.6 is 11.3 Å². The Kier molecular flexibility index (Phi) is 2.20. The molecule has 2 N–H and O–H groups in total. The number of anilines is 1. The molecular weight excluding hydrogens is 256 g/mol. The predicted molar refractivity (Wildman–Crippen MR) is 78.3 cm³/mol. The Morgan fingerprint density at radius 1 is 1.42 bits per heavy atom. The van der Waals surface area contributed by atoms with Crippen LogP contribution in [0.1, 0.15) is 24.4 Å². The molecule has 1 aliphatic rings. The van der Waals surface area contributed by atoms with Crippen molar-refractivity contribution in [3.8, 4) is 10.7 Å². The Balaban J connectivity index is 2.03. The van der Waals surface area contributed by atoms with E-state index in [-0.39, 0.29) is 0 Å². The van der Waals surface area contributed by atoms with E-state index in [1.54, 1.807) is 11.3 Å². The lowest BCUT2D eigenvalue weighted by molar-refractivity contribution is 0.777. The molecule has 0 radical (unpaired) electrons. The summed E-state index contributed by atoms with van der Waals surface area (Å²) in [6, 6.07) is 2.62. The molecule has 0 bridgehead atoms. The van der Waals surface area contributed by atoms with Gasteiger partial charge in [-0.2, -0.15) is 0 Å². The first-order valence-electron chi connectivity index (χ1n) is 6.41. The van der Waals surface area contributed by atoms with Crippen LogP contribution in [0.5, 0.6) is 0 Å². The van der Waals surface area contributed by atoms with Crippen molar-refractivity contribution in [1.82, 2.24) is 14.5 Å². The van der Waals surface area contributed by atoms with Crippen LogP contribution in [-0.2, 0) is 0 Å². The van der Waals surface area contributed by atoms with Crippen molar-refractivity contribution in [3.05, 3.63) is 29.4 Å². The molecule has 4 rings (SSSR count). The van der Waals surface area contributed by atoms with Crippen molar-refractivity contribution in [1.29, 1.82) is 0 Å². The van der Waals surface area contributed by atoms with E-state index in [0.717, 1.165) is 33.0 Å². The summed E-state index contributed by atoms with van der Waals surface area (Å²) in [6.45, 7) is 2.04. The zero-order valence-electron chi connectivity index (χ0n) is 10.6. The van der Waals surface area contributed by atoms with Gasteiger partial charge < -0.3 is 10.3 Å². The molecule has 1 saturated carbocycles. The van der Waals surface area contributed by atoms with E-state index in [9.17, 15) is 0 Å². The zero-order valence-corrected chi connectivity index (χ0v) is 11.4. The monoisotopic (exact) mass is 270 g/mol. The molecule has 1 fully saturated rings. The number of nitrogen functional groups attached to an aromatic ring is 1. The van der Waals surface area contributed by atoms with Crippen LogP contribution in [0.4, 0.5) is 5.69 Å². The van der Waals surface area contributed by atoms with Gasteiger partial charge in [0.1, 0.15) is 5.52 Å². The van der Waals surface area contributed by atoms with E-state index in [2.05, 4.69) is 14.9 Å². The Labute approximate surface area is 114 Å². The van der Waals surface area contributed by atoms with Crippen molar-refractivity contribution in [3.63, 3.8) is 0 Å². The summed E-state index contributed by atoms with van der Waals surface area (Å²) >= 11 is 1.68. The van der Waals surface area contributed by atoms with E-state index in [0.29, 0.717) is 6.04 Å². The second kappa shape index (κ2) is 3.81. The Bertz CT molecular complexity index is 767. The first-order chi connectivity index (χ1) is 9.25. The van der Waals surface area contributed by atoms with Gasteiger partial charge in [0.15, 0.2) is 5.82 Å². The van der Waals surface area contributed by atoms with E-state index >= 15 is 0 Å². The minimum Gasteiger partial charge on any atom is -0.397 e. The zero-order chi connectivity index (χ0) is 13.0. The average molecular weight is 270 g/mol. The van der Waals surface area contributed by atoms with E-state index in [1.807, 2.05) is 25.4 Å². The molecule has 1 aliphatic carbocycles. The summed E-state index contributed by atoms with van der Waals surface area (Å²) in [6.07, 6.45) is 6.11. The lowest BCUT2D eigenvalue weighted by Gasteiger charge is -2.06. The summed E-state index contributed by atoms with van der Waals surface area (Å²) in [4.78, 5) is 10.00. The highest BCUT2D eigenvalue weighted by atomic mass is 32.1. The van der Waals surface area contributed by atoms with Crippen molar-refractivity contribution < 1.29 is 0 Å². The van der Waals surface area contributed by atoms with Gasteiger partial charge in [-0.1, -0.05) is 0 Å². The van der Waals surface area contributed by atoms with Crippen LogP contribution < -0.4 is 5.73 Å². The average Bonchev–Trinajstić information content (AvgIpc) is 3.11. The minimum absolute atomic E-state index is 0.573. The fourth-order valence-corrected chi connectivity index (χ4v) is 3.40. The van der Waals surface area contributed by atoms with Crippen molar-refractivity contribution in [2.45, 2.75) is 25.8 Å². The highest BCUT2D eigenvalue weighted by Gasteiger charge is 2.29. The third-order valence-electron chi connectivity index (χ3n) is 3.63. The van der Waals surface area contributed by atoms with Crippen molar-refractivity contribution in [2.75, 3.05) is 5.73 Å². The number of hydrogen-bond acceptors (Lipinski definition) is 4. The third kappa shape index (κ3) is 1.58. The number of nitrogens with zero attached hydrogens (tertiary/aromatic N) is 3. The molecule has 5 heteroatoms. The Hall–Kier alpha value is -1.88. The smallest absolute Gasteiger partial charge is 0.153 e. The van der Waals surface area contributed by atoms with Gasteiger partial charge in [-0.3, -0.25) is 4.98 Å². The van der Waals surface area contributed by atoms with Gasteiger partial charge in [0, 0.05) is 12.2 Å². The van der Waals surface area contributed by atoms with Crippen molar-refractivity contribution in [2.24, 2.45) is 0 Å². The van der Waals surface area contributed by atoms with Crippen LogP contribution in [-0.4, -0.2) is 14.5 Å². The summed E-state index contributed by atoms with van der Waals surface area (Å²) in [5, 5.41) is 2.10. The maximum absolute atomic E-state index is 6.19. The molecular formula is C14H14N4S. The molecule has 19 heavy (non-hydrogen) atoms. The molecule has 0 atom stereocenters. The minimum atomic E-state index is 0.573. The summed E-state index contributed by atoms with van der Waals surface area (Å²) in [5.41, 5.74) is 10.3. The van der Waals surface area contributed by atoms with E-state index in [4.69, 9.17) is 10.7 Å². The van der Waals surface area contributed by atoms with Crippen LogP contribution in [0, 0.1) is 6.92 Å². The molecule has 0 saturated heterocycles. The summed E-state index contributed by atoms with van der Waals surface area (Å²) in [5.74, 6) is 1.00. The molecule has 96 valence electrons. The van der Waals surface area contributed by atoms with Gasteiger partial charge in [0.2, 0.25) is 0 Å².